The van der Waals surface area contributed by atoms with Gasteiger partial charge in [-0.25, -0.2) is 0 Å². The van der Waals surface area contributed by atoms with Crippen LogP contribution in [0.15, 0.2) is 364 Å². The molecule has 0 spiro atoms. The molecule has 6 heteroatoms. The highest BCUT2D eigenvalue weighted by atomic mass is 32.1. The third-order valence-corrected chi connectivity index (χ3v) is 30.5. The summed E-state index contributed by atoms with van der Waals surface area (Å²) in [7, 11) is 0. The van der Waals surface area contributed by atoms with Gasteiger partial charge in [0.05, 0.1) is 5.69 Å². The Morgan fingerprint density at radius 2 is 0.377 bits per heavy atom. The SMILES string of the molecule is CC1(C)c2ccccc2-c2ccc(N(c3ccc4c(c3)C(C)(C)c3c-4sc4c3C(C)(C)c3cc(N(c5ccccc5)c5ccccc5)ccc3-4)c3ccccc3-c3ccccc3)cc21.CC1(C)c2ccccc2-c2ccc(N(c3ccccc3)c3ccc4c(c3)C(C)(C)c3c-4sc4c3C(C)(C)c3cc(N(c5ccccc5)c5ccccc5)ccc3-4)cc21. The van der Waals surface area contributed by atoms with E-state index in [9.17, 15) is 0 Å². The average molecular weight is 1610 g/mol. The summed E-state index contributed by atoms with van der Waals surface area (Å²) >= 11 is 3.99. The van der Waals surface area contributed by atoms with Crippen LogP contribution in [0.1, 0.15) is 150 Å². The Balaban J connectivity index is 0.000000146. The molecule has 23 rings (SSSR count). The summed E-state index contributed by atoms with van der Waals surface area (Å²) in [5, 5.41) is 0. The first-order chi connectivity index (χ1) is 59.1. The number of benzene rings is 15. The average Bonchev–Trinajstić information content (AvgIpc) is 1.52. The maximum absolute atomic E-state index is 2.52. The van der Waals surface area contributed by atoms with E-state index in [1.54, 1.807) is 0 Å². The van der Waals surface area contributed by atoms with Gasteiger partial charge in [-0.2, -0.15) is 0 Å². The van der Waals surface area contributed by atoms with Gasteiger partial charge in [0.25, 0.3) is 0 Å². The number of thiophene rings is 2. The molecule has 592 valence electrons. The number of hydrogen-bond donors (Lipinski definition) is 0. The number of hydrogen-bond acceptors (Lipinski definition) is 6. The molecule has 6 aliphatic carbocycles. The second-order valence-electron chi connectivity index (χ2n) is 37.1. The van der Waals surface area contributed by atoms with Crippen LogP contribution in [0.25, 0.3) is 75.1 Å². The first kappa shape index (κ1) is 75.1. The molecule has 0 radical (unpaired) electrons. The molecule has 15 aromatic carbocycles. The third kappa shape index (κ3) is 11.3. The molecule has 0 amide bonds. The first-order valence-corrected chi connectivity index (χ1v) is 44.8. The van der Waals surface area contributed by atoms with E-state index in [0.717, 1.165) is 28.4 Å². The number of fused-ring (bicyclic) bond motifs is 20. The van der Waals surface area contributed by atoms with Crippen LogP contribution in [0.3, 0.4) is 0 Å². The van der Waals surface area contributed by atoms with E-state index in [-0.39, 0.29) is 32.5 Å². The molecular weight excluding hydrogens is 1510 g/mol. The zero-order chi connectivity index (χ0) is 83.1. The number of nitrogens with zero attached hydrogens (tertiary/aromatic N) is 4. The summed E-state index contributed by atoms with van der Waals surface area (Å²) in [6.45, 7) is 29.1. The highest BCUT2D eigenvalue weighted by Gasteiger charge is 2.51. The van der Waals surface area contributed by atoms with Crippen molar-refractivity contribution in [3.05, 3.63) is 431 Å². The molecule has 2 heterocycles. The smallest absolute Gasteiger partial charge is 0.0540 e. The Labute approximate surface area is 726 Å². The Morgan fingerprint density at radius 3 is 0.672 bits per heavy atom. The Kier molecular flexibility index (Phi) is 17.1. The highest BCUT2D eigenvalue weighted by molar-refractivity contribution is 7.20. The lowest BCUT2D eigenvalue weighted by molar-refractivity contribution is 0.603. The van der Waals surface area contributed by atoms with Crippen molar-refractivity contribution in [2.24, 2.45) is 0 Å². The molecule has 4 nitrogen and oxygen atoms in total. The summed E-state index contributed by atoms with van der Waals surface area (Å²) in [5.41, 5.74) is 43.4. The van der Waals surface area contributed by atoms with Crippen LogP contribution < -0.4 is 19.6 Å². The van der Waals surface area contributed by atoms with E-state index in [4.69, 9.17) is 0 Å². The van der Waals surface area contributed by atoms with Crippen molar-refractivity contribution >= 4 is 90.9 Å². The number of para-hydroxylation sites is 6. The van der Waals surface area contributed by atoms with Crippen LogP contribution in [-0.4, -0.2) is 0 Å². The molecule has 122 heavy (non-hydrogen) atoms. The minimum atomic E-state index is -0.223. The van der Waals surface area contributed by atoms with E-state index in [1.165, 1.54) is 182 Å². The van der Waals surface area contributed by atoms with Crippen molar-refractivity contribution in [2.45, 2.75) is 116 Å². The van der Waals surface area contributed by atoms with Gasteiger partial charge in [-0.1, -0.05) is 308 Å². The van der Waals surface area contributed by atoms with Gasteiger partial charge in [0.1, 0.15) is 0 Å². The molecule has 0 saturated heterocycles. The molecule has 0 bridgehead atoms. The topological polar surface area (TPSA) is 13.0 Å². The quantitative estimate of drug-likeness (QED) is 0.114. The monoisotopic (exact) mass is 1610 g/mol. The highest BCUT2D eigenvalue weighted by Crippen LogP contribution is 2.68. The van der Waals surface area contributed by atoms with E-state index in [0.29, 0.717) is 0 Å². The normalized spacial score (nSPS) is 15.3. The number of rotatable bonds is 13. The standard InChI is InChI=1S/C61H50N2S.C55H46N2S/c1-59(2)50-28-18-16-27-46(50)47-33-30-43(37-51(47)59)63(54-29-19-17-26-45(54)39-20-10-7-11-21-39)44-32-35-49-53(38-44)61(5,6)56-55-57(64-58(49)56)48-34-31-42(36-52(48)60(55,3)4)62(40-22-12-8-13-23-40)41-24-14-9-15-25-41;1-53(2)45-25-17-16-24-41(45)42-29-26-39(32-46(42)53)57(37-22-14-9-15-23-37)40-28-31-44-48(34-40)55(5,6)50-49-51(58-52(44)50)43-30-27-38(33-47(43)54(49,3)4)56(35-18-10-7-11-19-35)36-20-12-8-13-21-36/h7-38H,1-6H3;7-34H,1-6H3. The maximum Gasteiger partial charge on any atom is 0.0540 e. The Morgan fingerprint density at radius 1 is 0.164 bits per heavy atom. The third-order valence-electron chi connectivity index (χ3n) is 28.0. The summed E-state index contributed by atoms with van der Waals surface area (Å²) < 4.78 is 0. The fraction of sp³-hybridized carbons (Fsp3) is 0.155. The van der Waals surface area contributed by atoms with Gasteiger partial charge < -0.3 is 19.6 Å². The lowest BCUT2D eigenvalue weighted by Gasteiger charge is -2.32. The van der Waals surface area contributed by atoms with Crippen LogP contribution in [-0.2, 0) is 32.5 Å². The van der Waals surface area contributed by atoms with Gasteiger partial charge >= 0.3 is 0 Å². The van der Waals surface area contributed by atoms with Gasteiger partial charge in [0, 0.05) is 120 Å². The van der Waals surface area contributed by atoms with Gasteiger partial charge in [0.2, 0.25) is 0 Å². The molecule has 0 saturated carbocycles. The molecule has 6 aliphatic rings. The van der Waals surface area contributed by atoms with Gasteiger partial charge in [0.15, 0.2) is 0 Å². The van der Waals surface area contributed by atoms with Crippen molar-refractivity contribution in [3.63, 3.8) is 0 Å². The van der Waals surface area contributed by atoms with Crippen molar-refractivity contribution in [1.82, 2.24) is 0 Å². The summed E-state index contributed by atoms with van der Waals surface area (Å²) in [6.07, 6.45) is 0. The summed E-state index contributed by atoms with van der Waals surface area (Å²) in [4.78, 5) is 15.4. The zero-order valence-corrected chi connectivity index (χ0v) is 72.9. The molecule has 0 aliphatic heterocycles. The fourth-order valence-corrected chi connectivity index (χ4v) is 25.3. The predicted molar refractivity (Wildman–Crippen MR) is 518 cm³/mol. The maximum atomic E-state index is 2.52. The Bertz CT molecular complexity index is 6990. The van der Waals surface area contributed by atoms with E-state index in [1.807, 2.05) is 22.7 Å². The van der Waals surface area contributed by atoms with E-state index >= 15 is 0 Å². The molecule has 2 aromatic heterocycles. The molecule has 0 N–H and O–H groups in total. The van der Waals surface area contributed by atoms with Crippen LogP contribution in [0.2, 0.25) is 0 Å². The molecular formula is C116H96N4S2. The minimum absolute atomic E-state index is 0.0780. The lowest BCUT2D eigenvalue weighted by atomic mass is 9.74. The van der Waals surface area contributed by atoms with Crippen molar-refractivity contribution in [1.29, 1.82) is 0 Å². The first-order valence-electron chi connectivity index (χ1n) is 43.1. The van der Waals surface area contributed by atoms with Gasteiger partial charge in [-0.05, 0) is 256 Å². The minimum Gasteiger partial charge on any atom is -0.310 e. The van der Waals surface area contributed by atoms with Crippen molar-refractivity contribution in [2.75, 3.05) is 19.6 Å². The zero-order valence-electron chi connectivity index (χ0n) is 71.2. The molecule has 17 aromatic rings. The lowest BCUT2D eigenvalue weighted by Crippen LogP contribution is -2.23. The predicted octanol–water partition coefficient (Wildman–Crippen LogP) is 32.9. The Hall–Kier alpha value is -13.1. The summed E-state index contributed by atoms with van der Waals surface area (Å²) in [5.74, 6) is 0. The molecule has 0 atom stereocenters. The van der Waals surface area contributed by atoms with E-state index < -0.39 is 0 Å². The van der Waals surface area contributed by atoms with Crippen LogP contribution >= 0.6 is 22.7 Å². The second-order valence-corrected chi connectivity index (χ2v) is 39.2. The molecule has 0 fully saturated rings. The molecule has 0 unspecified atom stereocenters. The van der Waals surface area contributed by atoms with Gasteiger partial charge in [-0.3, -0.25) is 0 Å². The number of anilines is 12. The second kappa shape index (κ2) is 27.7. The summed E-state index contributed by atoms with van der Waals surface area (Å²) in [6, 6.07) is 135. The largest absolute Gasteiger partial charge is 0.310 e. The van der Waals surface area contributed by atoms with Gasteiger partial charge in [-0.15, -0.1) is 22.7 Å². The van der Waals surface area contributed by atoms with Crippen LogP contribution in [0.5, 0.6) is 0 Å². The van der Waals surface area contributed by atoms with Crippen molar-refractivity contribution < 1.29 is 0 Å². The fourth-order valence-electron chi connectivity index (χ4n) is 21.9. The van der Waals surface area contributed by atoms with E-state index in [2.05, 4.69) is 467 Å². The van der Waals surface area contributed by atoms with Crippen LogP contribution in [0.4, 0.5) is 68.2 Å². The van der Waals surface area contributed by atoms with Crippen LogP contribution in [0, 0.1) is 0 Å². The van der Waals surface area contributed by atoms with Crippen molar-refractivity contribution in [3.8, 4) is 75.1 Å².